The van der Waals surface area contributed by atoms with Crippen molar-refractivity contribution < 1.29 is 9.90 Å². The normalized spacial score (nSPS) is 12.6. The van der Waals surface area contributed by atoms with E-state index in [1.54, 1.807) is 6.20 Å². The van der Waals surface area contributed by atoms with Gasteiger partial charge in [-0.05, 0) is 42.2 Å². The molecule has 0 aliphatic heterocycles. The van der Waals surface area contributed by atoms with Crippen LogP contribution in [0.1, 0.15) is 60.5 Å². The highest BCUT2D eigenvalue weighted by Gasteiger charge is 2.18. The molecular weight excluding hydrogens is 298 g/mol. The van der Waals surface area contributed by atoms with E-state index in [0.717, 1.165) is 24.1 Å². The van der Waals surface area contributed by atoms with Crippen LogP contribution >= 0.6 is 11.3 Å². The molecule has 0 fully saturated rings. The van der Waals surface area contributed by atoms with Crippen molar-refractivity contribution in [3.05, 3.63) is 39.8 Å². The molecule has 0 saturated carbocycles. The van der Waals surface area contributed by atoms with Crippen molar-refractivity contribution in [3.8, 4) is 0 Å². The quantitative estimate of drug-likeness (QED) is 0.823. The third-order valence-corrected chi connectivity index (χ3v) is 4.66. The fourth-order valence-electron chi connectivity index (χ4n) is 2.52. The highest BCUT2D eigenvalue weighted by molar-refractivity contribution is 7.07. The number of nitrogens with one attached hydrogen (secondary N) is 1. The Morgan fingerprint density at radius 1 is 1.45 bits per heavy atom. The highest BCUT2D eigenvalue weighted by Crippen LogP contribution is 2.19. The molecule has 1 amide bonds. The monoisotopic (exact) mass is 321 g/mol. The van der Waals surface area contributed by atoms with E-state index in [2.05, 4.69) is 24.3 Å². The zero-order chi connectivity index (χ0) is 16.1. The third kappa shape index (κ3) is 3.56. The summed E-state index contributed by atoms with van der Waals surface area (Å²) in [5.41, 5.74) is 2.27. The zero-order valence-corrected chi connectivity index (χ0v) is 14.1. The van der Waals surface area contributed by atoms with Gasteiger partial charge in [0.25, 0.3) is 5.91 Å². The molecule has 2 aromatic heterocycles. The second-order valence-corrected chi connectivity index (χ2v) is 6.12. The van der Waals surface area contributed by atoms with Gasteiger partial charge in [-0.2, -0.15) is 16.4 Å². The van der Waals surface area contributed by atoms with Crippen LogP contribution in [0.15, 0.2) is 23.0 Å². The van der Waals surface area contributed by atoms with Crippen LogP contribution in [0, 0.1) is 6.92 Å². The molecule has 1 unspecified atom stereocenters. The summed E-state index contributed by atoms with van der Waals surface area (Å²) < 4.78 is 1.92. The standard InChI is InChI=1S/C16H23N3O2S/c1-4-13(5-2)19-11(3)14(8-18-19)16(21)17-9-15(20)12-6-7-22-10-12/h6-8,10,13,15,20H,4-5,9H2,1-3H3,(H,17,21). The topological polar surface area (TPSA) is 67.2 Å². The van der Waals surface area contributed by atoms with E-state index in [9.17, 15) is 9.90 Å². The first-order chi connectivity index (χ1) is 10.6. The predicted octanol–water partition coefficient (Wildman–Crippen LogP) is 3.08. The minimum atomic E-state index is -0.676. The van der Waals surface area contributed by atoms with Gasteiger partial charge in [0.1, 0.15) is 0 Å². The molecule has 0 bridgehead atoms. The first kappa shape index (κ1) is 16.7. The Morgan fingerprint density at radius 2 is 2.18 bits per heavy atom. The van der Waals surface area contributed by atoms with Crippen LogP contribution in [-0.2, 0) is 0 Å². The molecule has 0 spiro atoms. The third-order valence-electron chi connectivity index (χ3n) is 3.96. The summed E-state index contributed by atoms with van der Waals surface area (Å²) in [7, 11) is 0. The van der Waals surface area contributed by atoms with E-state index in [0.29, 0.717) is 11.6 Å². The lowest BCUT2D eigenvalue weighted by Gasteiger charge is -2.15. The number of aromatic nitrogens is 2. The summed E-state index contributed by atoms with van der Waals surface area (Å²) >= 11 is 1.53. The highest BCUT2D eigenvalue weighted by atomic mass is 32.1. The summed E-state index contributed by atoms with van der Waals surface area (Å²) in [4.78, 5) is 12.3. The van der Waals surface area contributed by atoms with Crippen LogP contribution in [0.4, 0.5) is 0 Å². The Kier molecular flexibility index (Phi) is 5.74. The Balaban J connectivity index is 2.01. The van der Waals surface area contributed by atoms with E-state index in [1.807, 2.05) is 28.4 Å². The van der Waals surface area contributed by atoms with Gasteiger partial charge in [-0.15, -0.1) is 0 Å². The molecule has 0 aliphatic rings. The second-order valence-electron chi connectivity index (χ2n) is 5.34. The lowest BCUT2D eigenvalue weighted by atomic mass is 10.1. The molecule has 5 nitrogen and oxygen atoms in total. The second kappa shape index (κ2) is 7.56. The molecule has 2 N–H and O–H groups in total. The minimum absolute atomic E-state index is 0.191. The SMILES string of the molecule is CCC(CC)n1ncc(C(=O)NCC(O)c2ccsc2)c1C. The number of carbonyl (C=O) groups is 1. The molecule has 0 saturated heterocycles. The van der Waals surface area contributed by atoms with Gasteiger partial charge in [0.2, 0.25) is 0 Å². The van der Waals surface area contributed by atoms with Gasteiger partial charge in [0.05, 0.1) is 23.9 Å². The van der Waals surface area contributed by atoms with E-state index < -0.39 is 6.10 Å². The van der Waals surface area contributed by atoms with Gasteiger partial charge in [0, 0.05) is 12.2 Å². The Bertz CT molecular complexity index is 603. The van der Waals surface area contributed by atoms with E-state index in [4.69, 9.17) is 0 Å². The lowest BCUT2D eigenvalue weighted by Crippen LogP contribution is -2.28. The lowest BCUT2D eigenvalue weighted by molar-refractivity contribution is 0.0915. The summed E-state index contributed by atoms with van der Waals surface area (Å²) in [5.74, 6) is -0.191. The predicted molar refractivity (Wildman–Crippen MR) is 88.2 cm³/mol. The maximum Gasteiger partial charge on any atom is 0.254 e. The summed E-state index contributed by atoms with van der Waals surface area (Å²) in [5, 5.41) is 20.9. The van der Waals surface area contributed by atoms with Crippen molar-refractivity contribution in [1.29, 1.82) is 0 Å². The number of hydrogen-bond acceptors (Lipinski definition) is 4. The molecule has 22 heavy (non-hydrogen) atoms. The van der Waals surface area contributed by atoms with Gasteiger partial charge >= 0.3 is 0 Å². The van der Waals surface area contributed by atoms with Gasteiger partial charge in [-0.3, -0.25) is 9.48 Å². The maximum absolute atomic E-state index is 12.3. The molecule has 0 aromatic carbocycles. The largest absolute Gasteiger partial charge is 0.387 e. The molecule has 120 valence electrons. The van der Waals surface area contributed by atoms with Crippen LogP contribution < -0.4 is 5.32 Å². The summed E-state index contributed by atoms with van der Waals surface area (Å²) in [6.45, 7) is 6.35. The average molecular weight is 321 g/mol. The van der Waals surface area contributed by atoms with Crippen molar-refractivity contribution >= 4 is 17.2 Å². The Morgan fingerprint density at radius 3 is 2.77 bits per heavy atom. The minimum Gasteiger partial charge on any atom is -0.387 e. The first-order valence-corrected chi connectivity index (χ1v) is 8.55. The first-order valence-electron chi connectivity index (χ1n) is 7.60. The van der Waals surface area contributed by atoms with E-state index in [-0.39, 0.29) is 12.5 Å². The molecule has 0 aliphatic carbocycles. The zero-order valence-electron chi connectivity index (χ0n) is 13.2. The summed E-state index contributed by atoms with van der Waals surface area (Å²) in [6.07, 6.45) is 2.90. The van der Waals surface area contributed by atoms with Gasteiger partial charge in [-0.1, -0.05) is 13.8 Å². The molecule has 2 aromatic rings. The number of nitrogens with zero attached hydrogens (tertiary/aromatic N) is 2. The van der Waals surface area contributed by atoms with Crippen molar-refractivity contribution in [2.24, 2.45) is 0 Å². The van der Waals surface area contributed by atoms with Crippen LogP contribution in [0.5, 0.6) is 0 Å². The molecule has 1 atom stereocenters. The molecule has 6 heteroatoms. The molecule has 0 radical (unpaired) electrons. The van der Waals surface area contributed by atoms with E-state index >= 15 is 0 Å². The van der Waals surface area contributed by atoms with Gasteiger partial charge in [-0.25, -0.2) is 0 Å². The maximum atomic E-state index is 12.3. The summed E-state index contributed by atoms with van der Waals surface area (Å²) in [6, 6.07) is 2.18. The van der Waals surface area contributed by atoms with Gasteiger partial charge in [0.15, 0.2) is 0 Å². The van der Waals surface area contributed by atoms with Crippen LogP contribution in [0.2, 0.25) is 0 Å². The fraction of sp³-hybridized carbons (Fsp3) is 0.500. The van der Waals surface area contributed by atoms with Crippen molar-refractivity contribution in [2.45, 2.75) is 45.8 Å². The van der Waals surface area contributed by atoms with Crippen molar-refractivity contribution in [1.82, 2.24) is 15.1 Å². The smallest absolute Gasteiger partial charge is 0.254 e. The van der Waals surface area contributed by atoms with Crippen LogP contribution in [-0.4, -0.2) is 27.3 Å². The number of carbonyl (C=O) groups excluding carboxylic acids is 1. The number of rotatable bonds is 7. The van der Waals surface area contributed by atoms with Crippen molar-refractivity contribution in [2.75, 3.05) is 6.54 Å². The number of amides is 1. The number of hydrogen-bond donors (Lipinski definition) is 2. The molecule has 2 rings (SSSR count). The molecular formula is C16H23N3O2S. The fourth-order valence-corrected chi connectivity index (χ4v) is 3.22. The molecule has 2 heterocycles. The van der Waals surface area contributed by atoms with Crippen molar-refractivity contribution in [3.63, 3.8) is 0 Å². The Labute approximate surface area is 135 Å². The van der Waals surface area contributed by atoms with E-state index in [1.165, 1.54) is 11.3 Å². The number of thiophene rings is 1. The van der Waals surface area contributed by atoms with Crippen LogP contribution in [0.3, 0.4) is 0 Å². The number of aliphatic hydroxyl groups is 1. The van der Waals surface area contributed by atoms with Gasteiger partial charge < -0.3 is 10.4 Å². The average Bonchev–Trinajstić information content (AvgIpc) is 3.17. The van der Waals surface area contributed by atoms with Crippen LogP contribution in [0.25, 0.3) is 0 Å². The Hall–Kier alpha value is -1.66. The number of aliphatic hydroxyl groups excluding tert-OH is 1.